The maximum atomic E-state index is 12.1. The average molecular weight is 347 g/mol. The van der Waals surface area contributed by atoms with Crippen LogP contribution in [0.4, 0.5) is 5.95 Å². The molecule has 0 saturated carbocycles. The summed E-state index contributed by atoms with van der Waals surface area (Å²) in [7, 11) is 0. The van der Waals surface area contributed by atoms with Gasteiger partial charge in [0.25, 0.3) is 0 Å². The molecule has 0 fully saturated rings. The molecule has 2 aromatic carbocycles. The second-order valence-electron chi connectivity index (χ2n) is 6.02. The van der Waals surface area contributed by atoms with Crippen LogP contribution in [0, 0.1) is 6.92 Å². The van der Waals surface area contributed by atoms with Crippen molar-refractivity contribution in [2.45, 2.75) is 19.8 Å². The van der Waals surface area contributed by atoms with E-state index < -0.39 is 0 Å². The number of H-pyrrole nitrogens is 1. The number of aromatic amines is 1. The van der Waals surface area contributed by atoms with Crippen LogP contribution in [0.25, 0.3) is 22.5 Å². The number of imidazole rings is 1. The van der Waals surface area contributed by atoms with Gasteiger partial charge in [0, 0.05) is 18.4 Å². The second-order valence-corrected chi connectivity index (χ2v) is 6.02. The third-order valence-electron chi connectivity index (χ3n) is 3.98. The van der Waals surface area contributed by atoms with Gasteiger partial charge in [0.05, 0.1) is 11.0 Å². The molecular weight excluding hydrogens is 330 g/mol. The number of aryl methyl sites for hydroxylation is 2. The number of anilines is 1. The van der Waals surface area contributed by atoms with E-state index in [1.54, 1.807) is 0 Å². The molecule has 0 unspecified atom stereocenters. The lowest BCUT2D eigenvalue weighted by Gasteiger charge is -1.99. The Balaban J connectivity index is 1.36. The fraction of sp³-hybridized carbons (Fsp3) is 0.158. The van der Waals surface area contributed by atoms with Gasteiger partial charge in [-0.3, -0.25) is 10.1 Å². The summed E-state index contributed by atoms with van der Waals surface area (Å²) in [6.07, 6.45) is 0.595. The third-order valence-corrected chi connectivity index (χ3v) is 3.98. The molecule has 0 aliphatic rings. The molecule has 26 heavy (non-hydrogen) atoms. The van der Waals surface area contributed by atoms with Crippen molar-refractivity contribution in [1.82, 2.24) is 20.2 Å². The Labute approximate surface area is 149 Å². The Bertz CT molecular complexity index is 1020. The molecular formula is C19H17N5O2. The lowest BCUT2D eigenvalue weighted by molar-refractivity contribution is -0.116. The molecule has 2 heterocycles. The van der Waals surface area contributed by atoms with Crippen LogP contribution < -0.4 is 5.32 Å². The van der Waals surface area contributed by atoms with Crippen molar-refractivity contribution < 1.29 is 9.21 Å². The van der Waals surface area contributed by atoms with Gasteiger partial charge >= 0.3 is 0 Å². The molecule has 1 amide bonds. The Morgan fingerprint density at radius 1 is 1.12 bits per heavy atom. The first kappa shape index (κ1) is 16.0. The number of para-hydroxylation sites is 2. The zero-order valence-corrected chi connectivity index (χ0v) is 14.2. The van der Waals surface area contributed by atoms with Gasteiger partial charge in [-0.25, -0.2) is 4.98 Å². The number of nitrogens with zero attached hydrogens (tertiary/aromatic N) is 3. The standard InChI is InChI=1S/C19H17N5O2/c1-12-6-8-13(9-7-12)18-24-23-17(26-18)11-10-16(25)22-19-20-14-4-2-3-5-15(14)21-19/h2-9H,10-11H2,1H3,(H2,20,21,22,25). The number of aromatic nitrogens is 4. The molecule has 7 nitrogen and oxygen atoms in total. The van der Waals surface area contributed by atoms with E-state index in [1.165, 1.54) is 0 Å². The molecule has 0 radical (unpaired) electrons. The van der Waals surface area contributed by atoms with Crippen LogP contribution in [0.3, 0.4) is 0 Å². The van der Waals surface area contributed by atoms with Gasteiger partial charge in [-0.2, -0.15) is 0 Å². The number of rotatable bonds is 5. The maximum Gasteiger partial charge on any atom is 0.247 e. The Morgan fingerprint density at radius 2 is 1.92 bits per heavy atom. The summed E-state index contributed by atoms with van der Waals surface area (Å²) in [6.45, 7) is 2.02. The van der Waals surface area contributed by atoms with Crippen LogP contribution in [0.2, 0.25) is 0 Å². The molecule has 0 aliphatic carbocycles. The first-order chi connectivity index (χ1) is 12.7. The van der Waals surface area contributed by atoms with E-state index >= 15 is 0 Å². The van der Waals surface area contributed by atoms with E-state index in [0.717, 1.165) is 22.2 Å². The van der Waals surface area contributed by atoms with Crippen molar-refractivity contribution in [3.63, 3.8) is 0 Å². The number of hydrogen-bond acceptors (Lipinski definition) is 5. The normalized spacial score (nSPS) is 11.0. The van der Waals surface area contributed by atoms with Crippen molar-refractivity contribution in [1.29, 1.82) is 0 Å². The van der Waals surface area contributed by atoms with Crippen LogP contribution in [0.5, 0.6) is 0 Å². The van der Waals surface area contributed by atoms with Crippen molar-refractivity contribution in [3.05, 3.63) is 60.0 Å². The fourth-order valence-corrected chi connectivity index (χ4v) is 2.59. The summed E-state index contributed by atoms with van der Waals surface area (Å²) in [6, 6.07) is 15.4. The largest absolute Gasteiger partial charge is 0.421 e. The highest BCUT2D eigenvalue weighted by atomic mass is 16.4. The van der Waals surface area contributed by atoms with Crippen molar-refractivity contribution in [2.75, 3.05) is 5.32 Å². The molecule has 0 spiro atoms. The molecule has 7 heteroatoms. The fourth-order valence-electron chi connectivity index (χ4n) is 2.59. The Morgan fingerprint density at radius 3 is 2.73 bits per heavy atom. The van der Waals surface area contributed by atoms with Gasteiger partial charge < -0.3 is 9.40 Å². The molecule has 0 atom stereocenters. The molecule has 130 valence electrons. The average Bonchev–Trinajstić information content (AvgIpc) is 3.27. The van der Waals surface area contributed by atoms with Gasteiger partial charge in [-0.05, 0) is 31.2 Å². The van der Waals surface area contributed by atoms with Crippen molar-refractivity contribution in [2.24, 2.45) is 0 Å². The quantitative estimate of drug-likeness (QED) is 0.576. The van der Waals surface area contributed by atoms with Gasteiger partial charge in [0.2, 0.25) is 23.6 Å². The van der Waals surface area contributed by atoms with Crippen LogP contribution in [0.15, 0.2) is 52.9 Å². The number of carbonyl (C=O) groups is 1. The summed E-state index contributed by atoms with van der Waals surface area (Å²) in [4.78, 5) is 19.5. The first-order valence-corrected chi connectivity index (χ1v) is 8.31. The molecule has 2 aromatic heterocycles. The zero-order valence-electron chi connectivity index (χ0n) is 14.2. The van der Waals surface area contributed by atoms with Crippen LogP contribution in [0.1, 0.15) is 17.9 Å². The van der Waals surface area contributed by atoms with Gasteiger partial charge in [-0.15, -0.1) is 10.2 Å². The molecule has 0 aliphatic heterocycles. The van der Waals surface area contributed by atoms with Crippen molar-refractivity contribution >= 4 is 22.9 Å². The molecule has 2 N–H and O–H groups in total. The summed E-state index contributed by atoms with van der Waals surface area (Å²) in [5.74, 6) is 1.15. The van der Waals surface area contributed by atoms with Crippen LogP contribution >= 0.6 is 0 Å². The number of carbonyl (C=O) groups excluding carboxylic acids is 1. The number of nitrogens with one attached hydrogen (secondary N) is 2. The van der Waals surface area contributed by atoms with E-state index in [2.05, 4.69) is 25.5 Å². The second kappa shape index (κ2) is 6.79. The minimum Gasteiger partial charge on any atom is -0.421 e. The SMILES string of the molecule is Cc1ccc(-c2nnc(CCC(=O)Nc3nc4ccccc4[nH]3)o2)cc1. The van der Waals surface area contributed by atoms with E-state index in [1.807, 2.05) is 55.5 Å². The van der Waals surface area contributed by atoms with Crippen LogP contribution in [-0.4, -0.2) is 26.1 Å². The predicted molar refractivity (Wildman–Crippen MR) is 97.5 cm³/mol. The van der Waals surface area contributed by atoms with E-state index in [4.69, 9.17) is 4.42 Å². The van der Waals surface area contributed by atoms with E-state index in [-0.39, 0.29) is 12.3 Å². The number of hydrogen-bond donors (Lipinski definition) is 2. The van der Waals surface area contributed by atoms with Gasteiger partial charge in [0.1, 0.15) is 0 Å². The maximum absolute atomic E-state index is 12.1. The predicted octanol–water partition coefficient (Wildman–Crippen LogP) is 3.49. The van der Waals surface area contributed by atoms with Gasteiger partial charge in [-0.1, -0.05) is 29.8 Å². The zero-order chi connectivity index (χ0) is 17.9. The molecule has 0 bridgehead atoms. The lowest BCUT2D eigenvalue weighted by Crippen LogP contribution is -2.13. The first-order valence-electron chi connectivity index (χ1n) is 8.31. The topological polar surface area (TPSA) is 96.7 Å². The third kappa shape index (κ3) is 3.46. The highest BCUT2D eigenvalue weighted by molar-refractivity contribution is 5.91. The number of amides is 1. The summed E-state index contributed by atoms with van der Waals surface area (Å²) >= 11 is 0. The molecule has 4 rings (SSSR count). The molecule has 4 aromatic rings. The monoisotopic (exact) mass is 347 g/mol. The highest BCUT2D eigenvalue weighted by Gasteiger charge is 2.12. The summed E-state index contributed by atoms with van der Waals surface area (Å²) in [5, 5.41) is 10.8. The summed E-state index contributed by atoms with van der Waals surface area (Å²) < 4.78 is 5.63. The highest BCUT2D eigenvalue weighted by Crippen LogP contribution is 2.19. The van der Waals surface area contributed by atoms with E-state index in [9.17, 15) is 4.79 Å². The van der Waals surface area contributed by atoms with Gasteiger partial charge in [0.15, 0.2) is 0 Å². The lowest BCUT2D eigenvalue weighted by atomic mass is 10.1. The summed E-state index contributed by atoms with van der Waals surface area (Å²) in [5.41, 5.74) is 3.71. The minimum atomic E-state index is -0.167. The minimum absolute atomic E-state index is 0.167. The van der Waals surface area contributed by atoms with Crippen molar-refractivity contribution in [3.8, 4) is 11.5 Å². The Kier molecular flexibility index (Phi) is 4.18. The van der Waals surface area contributed by atoms with E-state index in [0.29, 0.717) is 24.2 Å². The number of benzene rings is 2. The smallest absolute Gasteiger partial charge is 0.247 e. The number of fused-ring (bicyclic) bond motifs is 1. The Hall–Kier alpha value is -3.48. The van der Waals surface area contributed by atoms with Crippen LogP contribution in [-0.2, 0) is 11.2 Å². The molecule has 0 saturated heterocycles.